The van der Waals surface area contributed by atoms with Gasteiger partial charge < -0.3 is 8.98 Å². The Balaban J connectivity index is 1.93. The van der Waals surface area contributed by atoms with Gasteiger partial charge in [0.05, 0.1) is 0 Å². The van der Waals surface area contributed by atoms with Crippen molar-refractivity contribution in [1.82, 2.24) is 4.72 Å². The van der Waals surface area contributed by atoms with Crippen LogP contribution < -0.4 is 15.1 Å². The molecule has 1 unspecified atom stereocenters. The van der Waals surface area contributed by atoms with Crippen LogP contribution in [0.3, 0.4) is 0 Å². The molecule has 3 aromatic carbocycles. The molecule has 37 heavy (non-hydrogen) atoms. The van der Waals surface area contributed by atoms with E-state index in [2.05, 4.69) is 114 Å². The maximum absolute atomic E-state index is 13.0. The van der Waals surface area contributed by atoms with Gasteiger partial charge in [0.1, 0.15) is 10.8 Å². The Labute approximate surface area is 236 Å². The van der Waals surface area contributed by atoms with E-state index in [4.69, 9.17) is 4.43 Å². The average molecular weight is 597 g/mol. The second-order valence-corrected chi connectivity index (χ2v) is 18.4. The molecule has 0 bridgehead atoms. The minimum absolute atomic E-state index is 0.102. The Kier molecular flexibility index (Phi) is 10.3. The number of nitrogens with one attached hydrogen (secondary N) is 1. The molecule has 0 fully saturated rings. The number of halogens is 1. The van der Waals surface area contributed by atoms with Crippen molar-refractivity contribution in [3.8, 4) is 11.8 Å². The largest absolute Gasteiger partial charge is 0.598 e. The van der Waals surface area contributed by atoms with E-state index in [0.717, 1.165) is 10.0 Å². The molecule has 0 saturated heterocycles. The van der Waals surface area contributed by atoms with Crippen molar-refractivity contribution >= 4 is 46.0 Å². The molecule has 3 aromatic rings. The summed E-state index contributed by atoms with van der Waals surface area (Å²) >= 11 is 2.27. The average Bonchev–Trinajstić information content (AvgIpc) is 2.84. The molecule has 0 heterocycles. The van der Waals surface area contributed by atoms with E-state index in [1.165, 1.54) is 10.4 Å². The predicted molar refractivity (Wildman–Crippen MR) is 164 cm³/mol. The van der Waals surface area contributed by atoms with Gasteiger partial charge in [-0.2, -0.15) is 0 Å². The fourth-order valence-corrected chi connectivity index (χ4v) is 10.1. The van der Waals surface area contributed by atoms with E-state index >= 15 is 0 Å². The van der Waals surface area contributed by atoms with Crippen molar-refractivity contribution in [3.63, 3.8) is 0 Å². The lowest BCUT2D eigenvalue weighted by Crippen LogP contribution is -2.66. The lowest BCUT2D eigenvalue weighted by molar-refractivity contribution is 0.285. The lowest BCUT2D eigenvalue weighted by atomic mass is 10.2. The number of hydrogen-bond donors (Lipinski definition) is 1. The van der Waals surface area contributed by atoms with Crippen molar-refractivity contribution in [3.05, 3.63) is 95.0 Å². The SMILES string of the molecule is CC(C)(C)[S@+]([O-])NC(C#Cc1cccc(Br)c1)CCO[Si](c1ccccc1)(c1ccccc1)C(C)(C)C. The molecule has 0 aliphatic rings. The molecular formula is C31H38BrNO2SSi. The Hall–Kier alpha value is -1.85. The van der Waals surface area contributed by atoms with E-state index in [-0.39, 0.29) is 11.1 Å². The highest BCUT2D eigenvalue weighted by molar-refractivity contribution is 9.10. The maximum Gasteiger partial charge on any atom is 0.261 e. The van der Waals surface area contributed by atoms with Crippen LogP contribution in [0.25, 0.3) is 0 Å². The normalized spacial score (nSPS) is 13.9. The first-order valence-electron chi connectivity index (χ1n) is 12.6. The van der Waals surface area contributed by atoms with Gasteiger partial charge in [-0.15, -0.1) is 4.72 Å². The highest BCUT2D eigenvalue weighted by atomic mass is 79.9. The number of benzene rings is 3. The Morgan fingerprint density at radius 2 is 1.46 bits per heavy atom. The molecule has 0 aromatic heterocycles. The molecule has 6 heteroatoms. The van der Waals surface area contributed by atoms with Crippen molar-refractivity contribution in [2.24, 2.45) is 0 Å². The van der Waals surface area contributed by atoms with Crippen molar-refractivity contribution in [2.75, 3.05) is 6.61 Å². The van der Waals surface area contributed by atoms with Gasteiger partial charge in [-0.1, -0.05) is 115 Å². The zero-order chi connectivity index (χ0) is 27.1. The van der Waals surface area contributed by atoms with E-state index < -0.39 is 24.4 Å². The molecule has 0 aliphatic carbocycles. The van der Waals surface area contributed by atoms with Crippen molar-refractivity contribution < 1.29 is 8.98 Å². The zero-order valence-corrected chi connectivity index (χ0v) is 26.1. The van der Waals surface area contributed by atoms with Crippen LogP contribution in [0.15, 0.2) is 89.4 Å². The van der Waals surface area contributed by atoms with Gasteiger partial charge in [0, 0.05) is 34.4 Å². The standard InChI is InChI=1S/C31H38BrNO2SSi/c1-30(2,3)36(34)33-27(21-20-25-14-13-15-26(32)24-25)22-23-35-37(31(4,5)6,28-16-9-7-10-17-28)29-18-11-8-12-19-29/h7-19,24,27,33H,22-23H2,1-6H3/t27?,36-/m0/s1. The van der Waals surface area contributed by atoms with Crippen LogP contribution in [0.2, 0.25) is 5.04 Å². The summed E-state index contributed by atoms with van der Waals surface area (Å²) < 4.78 is 23.9. The molecule has 0 saturated carbocycles. The summed E-state index contributed by atoms with van der Waals surface area (Å²) in [7, 11) is -2.65. The van der Waals surface area contributed by atoms with Gasteiger partial charge in [-0.25, -0.2) is 0 Å². The first kappa shape index (κ1) is 29.7. The third-order valence-corrected chi connectivity index (χ3v) is 13.3. The topological polar surface area (TPSA) is 44.3 Å². The molecule has 0 amide bonds. The quantitative estimate of drug-likeness (QED) is 0.192. The highest BCUT2D eigenvalue weighted by Crippen LogP contribution is 2.36. The second-order valence-electron chi connectivity index (χ2n) is 11.1. The van der Waals surface area contributed by atoms with E-state index in [1.807, 2.05) is 45.0 Å². The van der Waals surface area contributed by atoms with Gasteiger partial charge >= 0.3 is 0 Å². The van der Waals surface area contributed by atoms with Crippen LogP contribution in [-0.4, -0.2) is 30.3 Å². The molecule has 2 atom stereocenters. The minimum Gasteiger partial charge on any atom is -0.598 e. The maximum atomic E-state index is 13.0. The highest BCUT2D eigenvalue weighted by Gasteiger charge is 2.50. The smallest absolute Gasteiger partial charge is 0.261 e. The number of rotatable bonds is 8. The van der Waals surface area contributed by atoms with Gasteiger partial charge in [0.2, 0.25) is 0 Å². The zero-order valence-electron chi connectivity index (χ0n) is 22.7. The van der Waals surface area contributed by atoms with Crippen LogP contribution in [0.4, 0.5) is 0 Å². The third kappa shape index (κ3) is 7.83. The van der Waals surface area contributed by atoms with Crippen LogP contribution in [-0.2, 0) is 15.8 Å². The summed E-state index contributed by atoms with van der Waals surface area (Å²) in [4.78, 5) is 0. The second kappa shape index (κ2) is 12.8. The predicted octanol–water partition coefficient (Wildman–Crippen LogP) is 6.19. The van der Waals surface area contributed by atoms with Gasteiger partial charge in [-0.05, 0) is 54.4 Å². The summed E-state index contributed by atoms with van der Waals surface area (Å²) in [6.45, 7) is 13.2. The van der Waals surface area contributed by atoms with E-state index in [0.29, 0.717) is 13.0 Å². The van der Waals surface area contributed by atoms with Crippen LogP contribution >= 0.6 is 15.9 Å². The molecule has 0 radical (unpaired) electrons. The van der Waals surface area contributed by atoms with Crippen LogP contribution in [0.1, 0.15) is 53.5 Å². The number of hydrogen-bond acceptors (Lipinski definition) is 3. The van der Waals surface area contributed by atoms with Crippen molar-refractivity contribution in [1.29, 1.82) is 0 Å². The first-order valence-corrected chi connectivity index (χ1v) is 16.5. The first-order chi connectivity index (χ1) is 17.4. The monoisotopic (exact) mass is 595 g/mol. The van der Waals surface area contributed by atoms with E-state index in [1.54, 1.807) is 0 Å². The van der Waals surface area contributed by atoms with Gasteiger partial charge in [0.25, 0.3) is 8.32 Å². The fourth-order valence-electron chi connectivity index (χ4n) is 4.29. The fraction of sp³-hybridized carbons (Fsp3) is 0.355. The Morgan fingerprint density at radius 1 is 0.892 bits per heavy atom. The minimum atomic E-state index is -2.65. The Bertz CT molecular complexity index is 1160. The van der Waals surface area contributed by atoms with E-state index in [9.17, 15) is 4.55 Å². The molecule has 196 valence electrons. The molecule has 3 rings (SSSR count). The molecule has 1 N–H and O–H groups in total. The summed E-state index contributed by atoms with van der Waals surface area (Å²) in [5.74, 6) is 6.59. The lowest BCUT2D eigenvalue weighted by Gasteiger charge is -2.43. The molecule has 3 nitrogen and oxygen atoms in total. The summed E-state index contributed by atoms with van der Waals surface area (Å²) in [6, 6.07) is 28.9. The molecule has 0 aliphatic heterocycles. The summed E-state index contributed by atoms with van der Waals surface area (Å²) in [5, 5.41) is 2.39. The van der Waals surface area contributed by atoms with Gasteiger partial charge in [0.15, 0.2) is 0 Å². The molecule has 0 spiro atoms. The van der Waals surface area contributed by atoms with Crippen LogP contribution in [0.5, 0.6) is 0 Å². The van der Waals surface area contributed by atoms with Crippen LogP contribution in [0, 0.1) is 11.8 Å². The summed E-state index contributed by atoms with van der Waals surface area (Å²) in [6.07, 6.45) is 0.618. The van der Waals surface area contributed by atoms with Crippen molar-refractivity contribution in [2.45, 2.75) is 63.8 Å². The summed E-state index contributed by atoms with van der Waals surface area (Å²) in [5.41, 5.74) is 0.913. The molecular weight excluding hydrogens is 558 g/mol. The van der Waals surface area contributed by atoms with Gasteiger partial charge in [-0.3, -0.25) is 0 Å². The Morgan fingerprint density at radius 3 is 1.95 bits per heavy atom. The third-order valence-electron chi connectivity index (χ3n) is 6.16.